The Bertz CT molecular complexity index is 276. The molecule has 6 heteroatoms. The lowest BCUT2D eigenvalue weighted by molar-refractivity contribution is -0.176. The highest BCUT2D eigenvalue weighted by atomic mass is 16.7. The Morgan fingerprint density at radius 1 is 1.38 bits per heavy atom. The van der Waals surface area contributed by atoms with Gasteiger partial charge in [0.25, 0.3) is 0 Å². The summed E-state index contributed by atoms with van der Waals surface area (Å²) < 4.78 is 14.9. The Morgan fingerprint density at radius 2 is 2.00 bits per heavy atom. The molecule has 4 atom stereocenters. The molecule has 1 fully saturated rings. The van der Waals surface area contributed by atoms with Gasteiger partial charge in [-0.1, -0.05) is 0 Å². The highest BCUT2D eigenvalue weighted by molar-refractivity contribution is 5.66. The molecular weight excluding hydrogens is 216 g/mol. The first-order valence-electron chi connectivity index (χ1n) is 5.08. The van der Waals surface area contributed by atoms with Crippen LogP contribution in [0.5, 0.6) is 0 Å². The minimum Gasteiger partial charge on any atom is -0.460 e. The average Bonchev–Trinajstić information content (AvgIpc) is 2.45. The van der Waals surface area contributed by atoms with Gasteiger partial charge in [0.15, 0.2) is 12.4 Å². The molecule has 0 aromatic heterocycles. The molecule has 1 aliphatic rings. The van der Waals surface area contributed by atoms with Gasteiger partial charge in [0.05, 0.1) is 0 Å². The number of esters is 2. The van der Waals surface area contributed by atoms with E-state index in [4.69, 9.17) is 14.2 Å². The van der Waals surface area contributed by atoms with Gasteiger partial charge in [-0.15, -0.1) is 0 Å². The highest BCUT2D eigenvalue weighted by Crippen LogP contribution is 2.25. The zero-order valence-corrected chi connectivity index (χ0v) is 9.50. The fourth-order valence-electron chi connectivity index (χ4n) is 1.63. The van der Waals surface area contributed by atoms with E-state index in [0.29, 0.717) is 6.42 Å². The summed E-state index contributed by atoms with van der Waals surface area (Å²) in [6.07, 6.45) is -2.47. The smallest absolute Gasteiger partial charge is 0.303 e. The Morgan fingerprint density at radius 3 is 2.50 bits per heavy atom. The zero-order valence-electron chi connectivity index (χ0n) is 9.50. The minimum absolute atomic E-state index is 0.315. The van der Waals surface area contributed by atoms with Gasteiger partial charge in [0, 0.05) is 20.3 Å². The lowest BCUT2D eigenvalue weighted by Crippen LogP contribution is -2.28. The van der Waals surface area contributed by atoms with E-state index in [-0.39, 0.29) is 0 Å². The summed E-state index contributed by atoms with van der Waals surface area (Å²) in [5.41, 5.74) is 0. The maximum Gasteiger partial charge on any atom is 0.303 e. The van der Waals surface area contributed by atoms with Gasteiger partial charge < -0.3 is 19.3 Å². The molecule has 0 radical (unpaired) electrons. The number of hydrogen-bond donors (Lipinski definition) is 1. The summed E-state index contributed by atoms with van der Waals surface area (Å²) in [6, 6.07) is 0. The van der Waals surface area contributed by atoms with Crippen molar-refractivity contribution in [1.29, 1.82) is 0 Å². The summed E-state index contributed by atoms with van der Waals surface area (Å²) in [6.45, 7) is 4.22. The normalized spacial score (nSPS) is 30.9. The van der Waals surface area contributed by atoms with Crippen LogP contribution in [0.25, 0.3) is 0 Å². The lowest BCUT2D eigenvalue weighted by atomic mass is 10.1. The van der Waals surface area contributed by atoms with Crippen LogP contribution in [0.4, 0.5) is 0 Å². The molecule has 92 valence electrons. The van der Waals surface area contributed by atoms with Gasteiger partial charge in [-0.05, 0) is 6.92 Å². The number of carbonyl (C=O) groups is 2. The zero-order chi connectivity index (χ0) is 12.3. The van der Waals surface area contributed by atoms with Crippen LogP contribution in [0.1, 0.15) is 27.2 Å². The first-order valence-corrected chi connectivity index (χ1v) is 5.08. The van der Waals surface area contributed by atoms with Crippen LogP contribution >= 0.6 is 0 Å². The number of rotatable bonds is 3. The van der Waals surface area contributed by atoms with Gasteiger partial charge in [-0.3, -0.25) is 9.59 Å². The third kappa shape index (κ3) is 3.46. The van der Waals surface area contributed by atoms with E-state index in [1.165, 1.54) is 13.8 Å². The van der Waals surface area contributed by atoms with Crippen molar-refractivity contribution in [2.45, 2.75) is 51.8 Å². The molecule has 0 bridgehead atoms. The maximum absolute atomic E-state index is 10.7. The molecular formula is C10H16O6. The van der Waals surface area contributed by atoms with Crippen LogP contribution in [-0.4, -0.2) is 41.6 Å². The number of carbonyl (C=O) groups excluding carboxylic acids is 2. The van der Waals surface area contributed by atoms with Crippen LogP contribution < -0.4 is 0 Å². The Kier molecular flexibility index (Phi) is 4.26. The predicted molar refractivity (Wildman–Crippen MR) is 52.3 cm³/mol. The predicted octanol–water partition coefficient (Wildman–Crippen LogP) is -0.0230. The van der Waals surface area contributed by atoms with Crippen LogP contribution in [0.3, 0.4) is 0 Å². The molecule has 1 aliphatic heterocycles. The van der Waals surface area contributed by atoms with Crippen molar-refractivity contribution in [1.82, 2.24) is 0 Å². The van der Waals surface area contributed by atoms with E-state index < -0.39 is 36.5 Å². The standard InChI is InChI=1S/C10H16O6/c1-5(14-6(2)11)8-4-9(10(13)16-8)15-7(3)12/h5,8-10,13H,4H2,1-3H3/t5-,8-,9+,10?/m0/s1. The molecule has 0 amide bonds. The third-order valence-electron chi connectivity index (χ3n) is 2.29. The second-order valence-electron chi connectivity index (χ2n) is 3.76. The first kappa shape index (κ1) is 12.9. The quantitative estimate of drug-likeness (QED) is 0.688. The van der Waals surface area contributed by atoms with E-state index in [0.717, 1.165) is 0 Å². The summed E-state index contributed by atoms with van der Waals surface area (Å²) in [5.74, 6) is -0.894. The lowest BCUT2D eigenvalue weighted by Gasteiger charge is -2.17. The first-order chi connectivity index (χ1) is 7.40. The van der Waals surface area contributed by atoms with Crippen LogP contribution in [0.15, 0.2) is 0 Å². The van der Waals surface area contributed by atoms with Gasteiger partial charge in [0.2, 0.25) is 0 Å². The van der Waals surface area contributed by atoms with Crippen molar-refractivity contribution < 1.29 is 28.9 Å². The molecule has 0 aromatic carbocycles. The molecule has 0 saturated carbocycles. The van der Waals surface area contributed by atoms with E-state index in [9.17, 15) is 14.7 Å². The summed E-state index contributed by atoms with van der Waals surface area (Å²) >= 11 is 0. The van der Waals surface area contributed by atoms with Crippen molar-refractivity contribution in [3.05, 3.63) is 0 Å². The minimum atomic E-state index is -1.16. The third-order valence-corrected chi connectivity index (χ3v) is 2.29. The highest BCUT2D eigenvalue weighted by Gasteiger charge is 2.39. The summed E-state index contributed by atoms with van der Waals surface area (Å²) in [7, 11) is 0. The molecule has 16 heavy (non-hydrogen) atoms. The molecule has 1 saturated heterocycles. The van der Waals surface area contributed by atoms with E-state index in [1.807, 2.05) is 0 Å². The monoisotopic (exact) mass is 232 g/mol. The molecule has 0 spiro atoms. The molecule has 1 rings (SSSR count). The van der Waals surface area contributed by atoms with Crippen molar-refractivity contribution in [3.8, 4) is 0 Å². The van der Waals surface area contributed by atoms with Gasteiger partial charge in [-0.2, -0.15) is 0 Å². The fourth-order valence-corrected chi connectivity index (χ4v) is 1.63. The SMILES string of the molecule is CC(=O)O[C@@H](C)[C@@H]1C[C@@H](OC(C)=O)C(O)O1. The van der Waals surface area contributed by atoms with Gasteiger partial charge in [0.1, 0.15) is 12.2 Å². The van der Waals surface area contributed by atoms with Crippen molar-refractivity contribution in [3.63, 3.8) is 0 Å². The van der Waals surface area contributed by atoms with Crippen LogP contribution in [0, 0.1) is 0 Å². The Labute approximate surface area is 93.5 Å². The topological polar surface area (TPSA) is 82.1 Å². The van der Waals surface area contributed by atoms with Crippen molar-refractivity contribution in [2.75, 3.05) is 0 Å². The second kappa shape index (κ2) is 5.27. The van der Waals surface area contributed by atoms with Gasteiger partial charge in [-0.25, -0.2) is 0 Å². The number of aliphatic hydroxyl groups is 1. The molecule has 0 aliphatic carbocycles. The Hall–Kier alpha value is -1.14. The van der Waals surface area contributed by atoms with E-state index >= 15 is 0 Å². The van der Waals surface area contributed by atoms with E-state index in [1.54, 1.807) is 6.92 Å². The maximum atomic E-state index is 10.7. The molecule has 6 nitrogen and oxygen atoms in total. The fraction of sp³-hybridized carbons (Fsp3) is 0.800. The molecule has 1 N–H and O–H groups in total. The van der Waals surface area contributed by atoms with E-state index in [2.05, 4.69) is 0 Å². The van der Waals surface area contributed by atoms with Crippen LogP contribution in [0.2, 0.25) is 0 Å². The number of aliphatic hydroxyl groups excluding tert-OH is 1. The summed E-state index contributed by atoms with van der Waals surface area (Å²) in [4.78, 5) is 21.5. The largest absolute Gasteiger partial charge is 0.460 e. The van der Waals surface area contributed by atoms with Crippen LogP contribution in [-0.2, 0) is 23.8 Å². The molecule has 0 aromatic rings. The average molecular weight is 232 g/mol. The Balaban J connectivity index is 2.48. The molecule has 1 unspecified atom stereocenters. The van der Waals surface area contributed by atoms with Crippen molar-refractivity contribution >= 4 is 11.9 Å². The second-order valence-corrected chi connectivity index (χ2v) is 3.76. The molecule has 1 heterocycles. The number of ether oxygens (including phenoxy) is 3. The summed E-state index contributed by atoms with van der Waals surface area (Å²) in [5, 5.41) is 9.45. The van der Waals surface area contributed by atoms with Gasteiger partial charge >= 0.3 is 11.9 Å². The number of hydrogen-bond acceptors (Lipinski definition) is 6. The van der Waals surface area contributed by atoms with Crippen molar-refractivity contribution in [2.24, 2.45) is 0 Å².